The summed E-state index contributed by atoms with van der Waals surface area (Å²) in [4.78, 5) is 0.000985. The van der Waals surface area contributed by atoms with Crippen LogP contribution in [0.2, 0.25) is 10.0 Å². The van der Waals surface area contributed by atoms with Crippen molar-refractivity contribution < 1.29 is 13.2 Å². The molecule has 1 aromatic carbocycles. The monoisotopic (exact) mass is 354 g/mol. The van der Waals surface area contributed by atoms with Crippen LogP contribution < -0.4 is 5.73 Å². The van der Waals surface area contributed by atoms with E-state index in [0.717, 1.165) is 0 Å². The molecule has 0 unspecified atom stereocenters. The Balaban J connectivity index is 3.02. The van der Waals surface area contributed by atoms with E-state index >= 15 is 0 Å². The number of benzene rings is 1. The maximum absolute atomic E-state index is 12.5. The van der Waals surface area contributed by atoms with Gasteiger partial charge >= 0.3 is 0 Å². The fraction of sp³-hybridized carbons (Fsp3) is 0.538. The van der Waals surface area contributed by atoms with E-state index in [1.165, 1.54) is 23.5 Å². The fourth-order valence-electron chi connectivity index (χ4n) is 1.63. The van der Waals surface area contributed by atoms with E-state index in [2.05, 4.69) is 0 Å². The van der Waals surface area contributed by atoms with Crippen LogP contribution in [0.25, 0.3) is 0 Å². The number of hydrogen-bond acceptors (Lipinski definition) is 4. The predicted molar refractivity (Wildman–Crippen MR) is 85.3 cm³/mol. The van der Waals surface area contributed by atoms with Gasteiger partial charge in [-0.25, -0.2) is 8.42 Å². The Hall–Kier alpha value is -0.370. The topological polar surface area (TPSA) is 72.6 Å². The molecule has 0 saturated carbocycles. The van der Waals surface area contributed by atoms with Crippen molar-refractivity contribution in [2.75, 3.05) is 20.2 Å². The highest BCUT2D eigenvalue weighted by atomic mass is 35.5. The van der Waals surface area contributed by atoms with Crippen molar-refractivity contribution >= 4 is 33.2 Å². The number of sulfonamides is 1. The van der Waals surface area contributed by atoms with Crippen LogP contribution in [-0.4, -0.2) is 39.0 Å². The van der Waals surface area contributed by atoms with Crippen LogP contribution in [-0.2, 0) is 21.3 Å². The second-order valence-corrected chi connectivity index (χ2v) is 7.65. The summed E-state index contributed by atoms with van der Waals surface area (Å²) in [6.45, 7) is 4.45. The third-order valence-corrected chi connectivity index (χ3v) is 5.54. The zero-order chi connectivity index (χ0) is 16.2. The summed E-state index contributed by atoms with van der Waals surface area (Å²) in [6, 6.07) is 2.82. The van der Waals surface area contributed by atoms with Crippen LogP contribution in [0.1, 0.15) is 19.4 Å². The highest BCUT2D eigenvalue weighted by Crippen LogP contribution is 2.30. The van der Waals surface area contributed by atoms with Crippen molar-refractivity contribution in [1.29, 1.82) is 0 Å². The lowest BCUT2D eigenvalue weighted by Gasteiger charge is -2.19. The van der Waals surface area contributed by atoms with Gasteiger partial charge in [-0.05, 0) is 31.5 Å². The van der Waals surface area contributed by atoms with Crippen LogP contribution in [0, 0.1) is 0 Å². The smallest absolute Gasteiger partial charge is 0.244 e. The standard InChI is InChI=1S/C13H20Cl2N2O3S/c1-9(2)20-5-4-17(3)21(18,19)13-6-10(8-16)11(14)7-12(13)15/h6-7,9H,4-5,8,16H2,1-3H3. The van der Waals surface area contributed by atoms with Gasteiger partial charge in [0.2, 0.25) is 10.0 Å². The van der Waals surface area contributed by atoms with E-state index in [0.29, 0.717) is 17.2 Å². The molecule has 0 heterocycles. The van der Waals surface area contributed by atoms with Crippen LogP contribution in [0.3, 0.4) is 0 Å². The first-order valence-electron chi connectivity index (χ1n) is 6.46. The quantitative estimate of drug-likeness (QED) is 0.816. The molecule has 0 aliphatic rings. The average molecular weight is 355 g/mol. The maximum Gasteiger partial charge on any atom is 0.244 e. The SMILES string of the molecule is CC(C)OCCN(C)S(=O)(=O)c1cc(CN)c(Cl)cc1Cl. The van der Waals surface area contributed by atoms with E-state index < -0.39 is 10.0 Å². The molecule has 0 aliphatic carbocycles. The molecule has 0 spiro atoms. The number of ether oxygens (including phenoxy) is 1. The van der Waals surface area contributed by atoms with Gasteiger partial charge < -0.3 is 10.5 Å². The normalized spacial score (nSPS) is 12.4. The Morgan fingerprint density at radius 3 is 2.43 bits per heavy atom. The van der Waals surface area contributed by atoms with Gasteiger partial charge in [0.15, 0.2) is 0 Å². The van der Waals surface area contributed by atoms with E-state index in [1.54, 1.807) is 0 Å². The fourth-order valence-corrected chi connectivity index (χ4v) is 3.63. The summed E-state index contributed by atoms with van der Waals surface area (Å²) >= 11 is 12.0. The minimum atomic E-state index is -3.71. The third-order valence-electron chi connectivity index (χ3n) is 2.87. The number of halogens is 2. The molecule has 5 nitrogen and oxygen atoms in total. The van der Waals surface area contributed by atoms with Gasteiger partial charge in [0.05, 0.1) is 17.7 Å². The number of hydrogen-bond donors (Lipinski definition) is 1. The predicted octanol–water partition coefficient (Wildman–Crippen LogP) is 2.50. The number of likely N-dealkylation sites (N-methyl/N-ethyl adjacent to an activating group) is 1. The van der Waals surface area contributed by atoms with Crippen LogP contribution >= 0.6 is 23.2 Å². The van der Waals surface area contributed by atoms with Crippen molar-refractivity contribution in [3.8, 4) is 0 Å². The van der Waals surface area contributed by atoms with E-state index in [-0.39, 0.29) is 29.1 Å². The summed E-state index contributed by atoms with van der Waals surface area (Å²) in [6.07, 6.45) is 0.0454. The van der Waals surface area contributed by atoms with Gasteiger partial charge in [0.25, 0.3) is 0 Å². The lowest BCUT2D eigenvalue weighted by atomic mass is 10.2. The van der Waals surface area contributed by atoms with Gasteiger partial charge in [-0.15, -0.1) is 0 Å². The first-order chi connectivity index (χ1) is 9.70. The third kappa shape index (κ3) is 4.81. The molecule has 0 fully saturated rings. The van der Waals surface area contributed by atoms with Gasteiger partial charge in [-0.3, -0.25) is 0 Å². The van der Waals surface area contributed by atoms with Gasteiger partial charge in [-0.2, -0.15) is 4.31 Å². The molecule has 0 radical (unpaired) electrons. The molecule has 0 aromatic heterocycles. The molecule has 0 bridgehead atoms. The Morgan fingerprint density at radius 2 is 1.90 bits per heavy atom. The molecule has 2 N–H and O–H groups in total. The number of nitrogens with zero attached hydrogens (tertiary/aromatic N) is 1. The average Bonchev–Trinajstić information content (AvgIpc) is 2.37. The minimum absolute atomic E-state index is 0.000985. The van der Waals surface area contributed by atoms with E-state index in [4.69, 9.17) is 33.7 Å². The summed E-state index contributed by atoms with van der Waals surface area (Å²) < 4.78 is 31.6. The van der Waals surface area contributed by atoms with Crippen molar-refractivity contribution in [2.24, 2.45) is 5.73 Å². The maximum atomic E-state index is 12.5. The van der Waals surface area contributed by atoms with Crippen molar-refractivity contribution in [3.05, 3.63) is 27.7 Å². The molecule has 0 aliphatic heterocycles. The first-order valence-corrected chi connectivity index (χ1v) is 8.65. The zero-order valence-corrected chi connectivity index (χ0v) is 14.6. The van der Waals surface area contributed by atoms with E-state index in [9.17, 15) is 8.42 Å². The summed E-state index contributed by atoms with van der Waals surface area (Å²) in [5.74, 6) is 0. The van der Waals surface area contributed by atoms with Gasteiger partial charge in [-0.1, -0.05) is 23.2 Å². The number of nitrogens with two attached hydrogens (primary N) is 1. The Morgan fingerprint density at radius 1 is 1.29 bits per heavy atom. The summed E-state index contributed by atoms with van der Waals surface area (Å²) in [5.41, 5.74) is 6.08. The van der Waals surface area contributed by atoms with E-state index in [1.807, 2.05) is 13.8 Å². The molecule has 8 heteroatoms. The largest absolute Gasteiger partial charge is 0.377 e. The lowest BCUT2D eigenvalue weighted by molar-refractivity contribution is 0.0737. The molecule has 0 saturated heterocycles. The zero-order valence-electron chi connectivity index (χ0n) is 12.3. The summed E-state index contributed by atoms with van der Waals surface area (Å²) in [7, 11) is -2.23. The van der Waals surface area contributed by atoms with Crippen molar-refractivity contribution in [2.45, 2.75) is 31.4 Å². The Bertz CT molecular complexity index is 591. The van der Waals surface area contributed by atoms with Crippen molar-refractivity contribution in [1.82, 2.24) is 4.31 Å². The van der Waals surface area contributed by atoms with Gasteiger partial charge in [0, 0.05) is 25.2 Å². The Labute approximate surface area is 136 Å². The van der Waals surface area contributed by atoms with Crippen LogP contribution in [0.5, 0.6) is 0 Å². The molecular weight excluding hydrogens is 335 g/mol. The number of rotatable bonds is 7. The second kappa shape index (κ2) is 7.76. The highest BCUT2D eigenvalue weighted by Gasteiger charge is 2.24. The summed E-state index contributed by atoms with van der Waals surface area (Å²) in [5, 5.41) is 0.432. The minimum Gasteiger partial charge on any atom is -0.377 e. The molecule has 21 heavy (non-hydrogen) atoms. The Kier molecular flexibility index (Phi) is 6.90. The van der Waals surface area contributed by atoms with Crippen LogP contribution in [0.15, 0.2) is 17.0 Å². The van der Waals surface area contributed by atoms with Crippen molar-refractivity contribution in [3.63, 3.8) is 0 Å². The molecule has 0 amide bonds. The molecule has 120 valence electrons. The first kappa shape index (κ1) is 18.7. The van der Waals surface area contributed by atoms with Gasteiger partial charge in [0.1, 0.15) is 4.90 Å². The van der Waals surface area contributed by atoms with Crippen LogP contribution in [0.4, 0.5) is 0 Å². The molecular formula is C13H20Cl2N2O3S. The highest BCUT2D eigenvalue weighted by molar-refractivity contribution is 7.89. The molecule has 1 aromatic rings. The molecule has 1 rings (SSSR count). The second-order valence-electron chi connectivity index (χ2n) is 4.82. The lowest BCUT2D eigenvalue weighted by Crippen LogP contribution is -2.31. The molecule has 0 atom stereocenters.